The Kier molecular flexibility index (Phi) is 6.00. The van der Waals surface area contributed by atoms with Gasteiger partial charge in [0.25, 0.3) is 0 Å². The molecule has 6 nitrogen and oxygen atoms in total. The van der Waals surface area contributed by atoms with E-state index in [4.69, 9.17) is 34.7 Å². The number of halogens is 2. The summed E-state index contributed by atoms with van der Waals surface area (Å²) >= 11 is 12.1. The number of anilines is 1. The second-order valence-corrected chi connectivity index (χ2v) is 5.82. The van der Waals surface area contributed by atoms with Crippen LogP contribution in [0, 0.1) is 6.42 Å². The van der Waals surface area contributed by atoms with Crippen LogP contribution >= 0.6 is 23.2 Å². The number of carbonyl (C=O) groups excluding carboxylic acids is 2. The zero-order chi connectivity index (χ0) is 17.7. The number of primary amides is 1. The highest BCUT2D eigenvalue weighted by molar-refractivity contribution is 6.36. The molecule has 5 N–H and O–H groups in total. The van der Waals surface area contributed by atoms with Crippen molar-refractivity contribution in [2.75, 3.05) is 5.73 Å². The fourth-order valence-corrected chi connectivity index (χ4v) is 2.50. The first-order valence-corrected chi connectivity index (χ1v) is 7.71. The third-order valence-corrected chi connectivity index (χ3v) is 3.86. The molecule has 0 saturated heterocycles. The number of carbonyl (C=O) groups is 2. The lowest BCUT2D eigenvalue weighted by atomic mass is 10.1. The van der Waals surface area contributed by atoms with E-state index in [-0.39, 0.29) is 22.9 Å². The summed E-state index contributed by atoms with van der Waals surface area (Å²) in [5.74, 6) is -0.551. The molecule has 1 aromatic heterocycles. The highest BCUT2D eigenvalue weighted by Gasteiger charge is 2.14. The maximum Gasteiger partial charge on any atom is 0.250 e. The molecule has 0 aliphatic heterocycles. The van der Waals surface area contributed by atoms with Crippen LogP contribution in [-0.4, -0.2) is 16.8 Å². The molecule has 1 aromatic carbocycles. The first kappa shape index (κ1) is 18.0. The zero-order valence-corrected chi connectivity index (χ0v) is 14.1. The lowest BCUT2D eigenvalue weighted by Crippen LogP contribution is -2.23. The van der Waals surface area contributed by atoms with E-state index in [1.165, 1.54) is 12.5 Å². The highest BCUT2D eigenvalue weighted by atomic mass is 35.5. The Morgan fingerprint density at radius 3 is 2.62 bits per heavy atom. The fraction of sp³-hybridized carbons (Fsp3) is 0.125. The van der Waals surface area contributed by atoms with Crippen LogP contribution in [0.5, 0.6) is 0 Å². The van der Waals surface area contributed by atoms with Crippen molar-refractivity contribution in [3.05, 3.63) is 63.6 Å². The number of hydrogen-bond donors (Lipinski definition) is 3. The number of nitrogens with zero attached hydrogens (tertiary/aromatic N) is 1. The molecule has 24 heavy (non-hydrogen) atoms. The SMILES string of the molecule is NC(=O)c1cc(Cl)cc(C[CH]C(=O)NCc2ccc(N)nc2)c1Cl. The zero-order valence-electron chi connectivity index (χ0n) is 12.6. The van der Waals surface area contributed by atoms with Crippen LogP contribution in [0.1, 0.15) is 21.5 Å². The van der Waals surface area contributed by atoms with Crippen molar-refractivity contribution in [3.8, 4) is 0 Å². The number of hydrogen-bond acceptors (Lipinski definition) is 4. The number of nitrogens with one attached hydrogen (secondary N) is 1. The van der Waals surface area contributed by atoms with E-state index in [2.05, 4.69) is 10.3 Å². The van der Waals surface area contributed by atoms with Crippen LogP contribution in [-0.2, 0) is 17.8 Å². The van der Waals surface area contributed by atoms with Gasteiger partial charge in [-0.25, -0.2) is 4.98 Å². The average Bonchev–Trinajstić information content (AvgIpc) is 2.54. The molecule has 8 heteroatoms. The summed E-state index contributed by atoms with van der Waals surface area (Å²) in [6, 6.07) is 6.41. The Hall–Kier alpha value is -2.31. The van der Waals surface area contributed by atoms with Crippen molar-refractivity contribution < 1.29 is 9.59 Å². The molecule has 1 heterocycles. The third-order valence-electron chi connectivity index (χ3n) is 3.20. The van der Waals surface area contributed by atoms with Gasteiger partial charge in [-0.15, -0.1) is 0 Å². The van der Waals surface area contributed by atoms with Gasteiger partial charge in [0.05, 0.1) is 17.0 Å². The Morgan fingerprint density at radius 1 is 1.25 bits per heavy atom. The van der Waals surface area contributed by atoms with Gasteiger partial charge in [0.1, 0.15) is 5.82 Å². The van der Waals surface area contributed by atoms with Crippen molar-refractivity contribution in [2.24, 2.45) is 5.73 Å². The smallest absolute Gasteiger partial charge is 0.250 e. The van der Waals surface area contributed by atoms with Crippen LogP contribution in [0.2, 0.25) is 10.0 Å². The molecular weight excluding hydrogens is 351 g/mol. The predicted octanol–water partition coefficient (Wildman–Crippen LogP) is 2.13. The van der Waals surface area contributed by atoms with Crippen LogP contribution in [0.3, 0.4) is 0 Å². The van der Waals surface area contributed by atoms with Gasteiger partial charge in [-0.05, 0) is 35.7 Å². The molecule has 2 rings (SSSR count). The Balaban J connectivity index is 1.94. The number of aromatic nitrogens is 1. The van der Waals surface area contributed by atoms with E-state index >= 15 is 0 Å². The number of nitrogen functional groups attached to an aromatic ring is 1. The lowest BCUT2D eigenvalue weighted by Gasteiger charge is -2.09. The summed E-state index contributed by atoms with van der Waals surface area (Å²) in [6.07, 6.45) is 3.21. The topological polar surface area (TPSA) is 111 Å². The van der Waals surface area contributed by atoms with Crippen LogP contribution in [0.15, 0.2) is 30.5 Å². The van der Waals surface area contributed by atoms with Crippen molar-refractivity contribution in [1.82, 2.24) is 10.3 Å². The quantitative estimate of drug-likeness (QED) is 0.727. The molecule has 0 unspecified atom stereocenters. The Morgan fingerprint density at radius 2 is 2.00 bits per heavy atom. The van der Waals surface area contributed by atoms with E-state index in [9.17, 15) is 9.59 Å². The maximum atomic E-state index is 11.9. The molecule has 1 radical (unpaired) electrons. The largest absolute Gasteiger partial charge is 0.384 e. The molecule has 0 spiro atoms. The summed E-state index contributed by atoms with van der Waals surface area (Å²) in [4.78, 5) is 27.2. The molecule has 0 fully saturated rings. The van der Waals surface area contributed by atoms with Crippen LogP contribution in [0.4, 0.5) is 5.82 Å². The Bertz CT molecular complexity index is 763. The first-order valence-electron chi connectivity index (χ1n) is 6.96. The summed E-state index contributed by atoms with van der Waals surface area (Å²) in [7, 11) is 0. The van der Waals surface area contributed by atoms with E-state index < -0.39 is 5.91 Å². The molecule has 0 aliphatic rings. The Labute approximate surface area is 149 Å². The number of pyridine rings is 1. The number of amides is 2. The minimum atomic E-state index is -0.677. The van der Waals surface area contributed by atoms with Gasteiger partial charge in [-0.3, -0.25) is 9.59 Å². The average molecular weight is 366 g/mol. The third kappa shape index (κ3) is 4.84. The fourth-order valence-electron chi connectivity index (χ4n) is 1.98. The first-order chi connectivity index (χ1) is 11.4. The molecule has 0 bridgehead atoms. The van der Waals surface area contributed by atoms with E-state index in [1.807, 2.05) is 0 Å². The van der Waals surface area contributed by atoms with Crippen molar-refractivity contribution >= 4 is 40.8 Å². The van der Waals surface area contributed by atoms with Crippen molar-refractivity contribution in [2.45, 2.75) is 13.0 Å². The molecule has 2 amide bonds. The number of benzene rings is 1. The second kappa shape index (κ2) is 7.99. The maximum absolute atomic E-state index is 11.9. The van der Waals surface area contributed by atoms with Crippen LogP contribution in [0.25, 0.3) is 0 Å². The molecular formula is C16H15Cl2N4O2. The van der Waals surface area contributed by atoms with E-state index in [0.717, 1.165) is 5.56 Å². The van der Waals surface area contributed by atoms with E-state index in [0.29, 0.717) is 22.9 Å². The van der Waals surface area contributed by atoms with Gasteiger partial charge < -0.3 is 16.8 Å². The summed E-state index contributed by atoms with van der Waals surface area (Å²) < 4.78 is 0. The normalized spacial score (nSPS) is 10.4. The molecule has 125 valence electrons. The van der Waals surface area contributed by atoms with Gasteiger partial charge in [-0.1, -0.05) is 29.3 Å². The summed E-state index contributed by atoms with van der Waals surface area (Å²) in [6.45, 7) is 0.318. The minimum absolute atomic E-state index is 0.126. The second-order valence-electron chi connectivity index (χ2n) is 5.01. The van der Waals surface area contributed by atoms with Gasteiger partial charge in [0, 0.05) is 17.8 Å². The standard InChI is InChI=1S/C16H15Cl2N4O2/c17-11-5-10(15(18)12(6-11)16(20)24)2-4-14(23)22-8-9-1-3-13(19)21-7-9/h1,3-7H,2,8H2,(H2,19,21)(H2,20,24)(H,22,23). The minimum Gasteiger partial charge on any atom is -0.384 e. The summed E-state index contributed by atoms with van der Waals surface area (Å²) in [5, 5.41) is 3.23. The van der Waals surface area contributed by atoms with Gasteiger partial charge >= 0.3 is 0 Å². The molecule has 0 saturated carbocycles. The van der Waals surface area contributed by atoms with Crippen molar-refractivity contribution in [1.29, 1.82) is 0 Å². The monoisotopic (exact) mass is 365 g/mol. The number of rotatable bonds is 6. The predicted molar refractivity (Wildman–Crippen MR) is 93.5 cm³/mol. The van der Waals surface area contributed by atoms with Crippen LogP contribution < -0.4 is 16.8 Å². The van der Waals surface area contributed by atoms with Crippen molar-refractivity contribution in [3.63, 3.8) is 0 Å². The highest BCUT2D eigenvalue weighted by Crippen LogP contribution is 2.26. The lowest BCUT2D eigenvalue weighted by molar-refractivity contribution is -0.118. The molecule has 0 aliphatic carbocycles. The molecule has 2 aromatic rings. The van der Waals surface area contributed by atoms with Gasteiger partial charge in [0.15, 0.2) is 0 Å². The number of nitrogens with two attached hydrogens (primary N) is 2. The van der Waals surface area contributed by atoms with E-state index in [1.54, 1.807) is 24.4 Å². The summed E-state index contributed by atoms with van der Waals surface area (Å²) in [5.41, 5.74) is 12.2. The molecule has 0 atom stereocenters. The van der Waals surface area contributed by atoms with Gasteiger partial charge in [0.2, 0.25) is 11.8 Å². The van der Waals surface area contributed by atoms with Gasteiger partial charge in [-0.2, -0.15) is 0 Å².